The van der Waals surface area contributed by atoms with E-state index in [0.717, 1.165) is 17.7 Å². The van der Waals surface area contributed by atoms with Crippen LogP contribution in [0.25, 0.3) is 5.82 Å². The van der Waals surface area contributed by atoms with Crippen LogP contribution in [0.2, 0.25) is 0 Å². The number of aromatic nitrogens is 4. The molecule has 0 saturated heterocycles. The molecule has 14 heteroatoms. The number of alkyl halides is 1. The highest BCUT2D eigenvalue weighted by Crippen LogP contribution is 2.36. The Balaban J connectivity index is 0.00000108. The highest BCUT2D eigenvalue weighted by atomic mass is 19.1. The second-order valence-corrected chi connectivity index (χ2v) is 8.49. The molecule has 0 amide bonds. The second kappa shape index (κ2) is 13.8. The van der Waals surface area contributed by atoms with Crippen molar-refractivity contribution in [3.05, 3.63) is 99.4 Å². The molecule has 0 spiro atoms. The molecule has 1 unspecified atom stereocenters. The van der Waals surface area contributed by atoms with E-state index in [1.807, 2.05) is 0 Å². The number of nitrogens with two attached hydrogens (primary N) is 1. The van der Waals surface area contributed by atoms with Crippen molar-refractivity contribution in [2.24, 2.45) is 5.73 Å². The number of pyridine rings is 1. The van der Waals surface area contributed by atoms with Gasteiger partial charge in [0.1, 0.15) is 30.7 Å². The molecule has 2 aromatic carbocycles. The van der Waals surface area contributed by atoms with Crippen LogP contribution in [0.3, 0.4) is 0 Å². The van der Waals surface area contributed by atoms with Crippen LogP contribution in [0.1, 0.15) is 35.4 Å². The zero-order chi connectivity index (χ0) is 30.1. The molecule has 2 heterocycles. The Morgan fingerprint density at radius 1 is 1.22 bits per heavy atom. The van der Waals surface area contributed by atoms with Crippen molar-refractivity contribution in [3.8, 4) is 17.3 Å². The topological polar surface area (TPSA) is 169 Å². The molecule has 0 aliphatic carbocycles. The van der Waals surface area contributed by atoms with E-state index in [9.17, 15) is 13.6 Å². The summed E-state index contributed by atoms with van der Waals surface area (Å²) >= 11 is 0. The molecule has 216 valence electrons. The van der Waals surface area contributed by atoms with E-state index in [2.05, 4.69) is 15.1 Å². The Labute approximate surface area is 231 Å². The van der Waals surface area contributed by atoms with Crippen LogP contribution in [0.4, 0.5) is 13.2 Å². The molecule has 0 saturated carbocycles. The summed E-state index contributed by atoms with van der Waals surface area (Å²) in [7, 11) is 1.38. The SMILES string of the molecule is CC(=O)O.COc1cc(OCCF)c(F)c(C(Cc2ccc(C(=N)N)cc2)c2nn(-c3ncccc3F)c(=O)[nH]2)c1. The predicted octanol–water partition coefficient (Wildman–Crippen LogP) is 3.34. The first-order valence-corrected chi connectivity index (χ1v) is 12.0. The summed E-state index contributed by atoms with van der Waals surface area (Å²) in [6.45, 7) is -0.115. The third-order valence-electron chi connectivity index (χ3n) is 5.60. The average molecular weight is 573 g/mol. The maximum absolute atomic E-state index is 15.7. The number of aromatic amines is 1. The van der Waals surface area contributed by atoms with E-state index in [1.54, 1.807) is 24.3 Å². The highest BCUT2D eigenvalue weighted by molar-refractivity contribution is 5.94. The van der Waals surface area contributed by atoms with Gasteiger partial charge in [-0.1, -0.05) is 24.3 Å². The van der Waals surface area contributed by atoms with Gasteiger partial charge in [0, 0.05) is 30.3 Å². The standard InChI is InChI=1S/C25H23F3N6O3.C2H4O2/c1-36-16-12-17(21(28)20(13-16)37-10-8-26)18(11-14-4-6-15(7-5-14)22(29)30)23-32-25(35)34(33-23)24-19(27)3-2-9-31-24;1-2(3)4/h2-7,9,12-13,18H,8,10-11H2,1H3,(H3,29,30)(H,32,33,35);1H3,(H,3,4). The number of rotatable bonds is 10. The fourth-order valence-corrected chi connectivity index (χ4v) is 3.80. The van der Waals surface area contributed by atoms with Crippen molar-refractivity contribution in [2.45, 2.75) is 19.3 Å². The number of aliphatic carboxylic acids is 1. The molecule has 5 N–H and O–H groups in total. The number of carbonyl (C=O) groups is 1. The van der Waals surface area contributed by atoms with E-state index < -0.39 is 35.9 Å². The van der Waals surface area contributed by atoms with Crippen LogP contribution >= 0.6 is 0 Å². The van der Waals surface area contributed by atoms with Gasteiger partial charge in [0.15, 0.2) is 23.2 Å². The van der Waals surface area contributed by atoms with Gasteiger partial charge in [0.05, 0.1) is 13.0 Å². The number of halogens is 3. The molecule has 4 rings (SSSR count). The lowest BCUT2D eigenvalue weighted by molar-refractivity contribution is -0.134. The van der Waals surface area contributed by atoms with Crippen molar-refractivity contribution >= 4 is 11.8 Å². The fourth-order valence-electron chi connectivity index (χ4n) is 3.80. The van der Waals surface area contributed by atoms with Crippen LogP contribution in [-0.2, 0) is 11.2 Å². The monoisotopic (exact) mass is 572 g/mol. The quantitative estimate of drug-likeness (QED) is 0.166. The van der Waals surface area contributed by atoms with Gasteiger partial charge in [0.25, 0.3) is 5.97 Å². The molecule has 0 aliphatic heterocycles. The maximum atomic E-state index is 15.7. The fraction of sp³-hybridized carbons (Fsp3) is 0.222. The van der Waals surface area contributed by atoms with Crippen LogP contribution in [0, 0.1) is 17.0 Å². The Kier molecular flexibility index (Phi) is 10.2. The summed E-state index contributed by atoms with van der Waals surface area (Å²) in [4.78, 5) is 28.2. The van der Waals surface area contributed by atoms with Crippen LogP contribution in [0.5, 0.6) is 11.5 Å². The molecule has 0 fully saturated rings. The molecular formula is C27H27F3N6O5. The van der Waals surface area contributed by atoms with Crippen LogP contribution < -0.4 is 20.9 Å². The van der Waals surface area contributed by atoms with Crippen molar-refractivity contribution in [1.29, 1.82) is 5.41 Å². The van der Waals surface area contributed by atoms with Gasteiger partial charge in [-0.3, -0.25) is 15.2 Å². The normalized spacial score (nSPS) is 11.2. The lowest BCUT2D eigenvalue weighted by atomic mass is 9.90. The average Bonchev–Trinajstić information content (AvgIpc) is 3.32. The van der Waals surface area contributed by atoms with Crippen LogP contribution in [-0.4, -0.2) is 57.1 Å². The minimum atomic E-state index is -0.910. The Morgan fingerprint density at radius 2 is 1.90 bits per heavy atom. The van der Waals surface area contributed by atoms with Crippen molar-refractivity contribution in [3.63, 3.8) is 0 Å². The molecule has 11 nitrogen and oxygen atoms in total. The number of nitrogens with zero attached hydrogens (tertiary/aromatic N) is 3. The van der Waals surface area contributed by atoms with Gasteiger partial charge in [-0.15, -0.1) is 5.10 Å². The number of amidine groups is 1. The van der Waals surface area contributed by atoms with Gasteiger partial charge < -0.3 is 20.3 Å². The molecule has 0 radical (unpaired) electrons. The first-order chi connectivity index (χ1) is 19.5. The summed E-state index contributed by atoms with van der Waals surface area (Å²) in [5, 5.41) is 19.2. The number of ether oxygens (including phenoxy) is 2. The number of benzene rings is 2. The summed E-state index contributed by atoms with van der Waals surface area (Å²) < 4.78 is 54.0. The van der Waals surface area contributed by atoms with Gasteiger partial charge in [-0.2, -0.15) is 4.68 Å². The van der Waals surface area contributed by atoms with E-state index in [4.69, 9.17) is 30.5 Å². The largest absolute Gasteiger partial charge is 0.497 e. The minimum absolute atomic E-state index is 0.0225. The zero-order valence-electron chi connectivity index (χ0n) is 22.0. The van der Waals surface area contributed by atoms with Crippen molar-refractivity contribution in [2.75, 3.05) is 20.4 Å². The molecule has 0 bridgehead atoms. The van der Waals surface area contributed by atoms with Crippen molar-refractivity contribution < 1.29 is 32.5 Å². The number of methoxy groups -OCH3 is 1. The summed E-state index contributed by atoms with van der Waals surface area (Å²) in [5.41, 5.74) is 6.00. The van der Waals surface area contributed by atoms with E-state index >= 15 is 4.39 Å². The van der Waals surface area contributed by atoms with E-state index in [-0.39, 0.29) is 47.6 Å². The Morgan fingerprint density at radius 3 is 2.49 bits per heavy atom. The molecule has 4 aromatic rings. The first-order valence-electron chi connectivity index (χ1n) is 12.0. The van der Waals surface area contributed by atoms with Gasteiger partial charge >= 0.3 is 5.69 Å². The maximum Gasteiger partial charge on any atom is 0.349 e. The van der Waals surface area contributed by atoms with Crippen LogP contribution in [0.15, 0.2) is 59.5 Å². The summed E-state index contributed by atoms with van der Waals surface area (Å²) in [6.07, 6.45) is 1.44. The molecule has 0 aliphatic rings. The molecular weight excluding hydrogens is 545 g/mol. The Hall–Kier alpha value is -5.14. The second-order valence-electron chi connectivity index (χ2n) is 8.49. The molecule has 2 aromatic heterocycles. The zero-order valence-corrected chi connectivity index (χ0v) is 22.0. The number of hydrogen-bond donors (Lipinski definition) is 4. The van der Waals surface area contributed by atoms with Gasteiger partial charge in [-0.25, -0.2) is 22.9 Å². The van der Waals surface area contributed by atoms with E-state index in [1.165, 1.54) is 31.5 Å². The molecule has 41 heavy (non-hydrogen) atoms. The first kappa shape index (κ1) is 30.4. The smallest absolute Gasteiger partial charge is 0.349 e. The number of carboxylic acids is 1. The third kappa shape index (κ3) is 7.71. The Bertz CT molecular complexity index is 1570. The van der Waals surface area contributed by atoms with Crippen molar-refractivity contribution in [1.82, 2.24) is 19.7 Å². The van der Waals surface area contributed by atoms with Gasteiger partial charge in [0.2, 0.25) is 0 Å². The summed E-state index contributed by atoms with van der Waals surface area (Å²) in [5.74, 6) is -3.72. The number of carboxylic acid groups (broad SMARTS) is 1. The minimum Gasteiger partial charge on any atom is -0.497 e. The van der Waals surface area contributed by atoms with Gasteiger partial charge in [-0.05, 0) is 30.2 Å². The van der Waals surface area contributed by atoms with E-state index in [0.29, 0.717) is 11.1 Å². The third-order valence-corrected chi connectivity index (χ3v) is 5.60. The number of nitrogens with one attached hydrogen (secondary N) is 2. The number of nitrogen functional groups attached to an aromatic ring is 1. The number of hydrogen-bond acceptors (Lipinski definition) is 7. The highest BCUT2D eigenvalue weighted by Gasteiger charge is 2.27. The summed E-state index contributed by atoms with van der Waals surface area (Å²) in [6, 6.07) is 11.9. The lowest BCUT2D eigenvalue weighted by Crippen LogP contribution is -2.18. The lowest BCUT2D eigenvalue weighted by Gasteiger charge is -2.19. The number of H-pyrrole nitrogens is 1. The molecule has 1 atom stereocenters. The predicted molar refractivity (Wildman–Crippen MR) is 143 cm³/mol.